The van der Waals surface area contributed by atoms with Crippen molar-refractivity contribution in [3.05, 3.63) is 29.8 Å². The van der Waals surface area contributed by atoms with E-state index < -0.39 is 28.4 Å². The maximum atomic E-state index is 12.4. The lowest BCUT2D eigenvalue weighted by atomic mass is 10.0. The summed E-state index contributed by atoms with van der Waals surface area (Å²) in [5.41, 5.74) is 0.121. The smallest absolute Gasteiger partial charge is 0.269 e. The number of nitrogens with one attached hydrogen (secondary N) is 1. The first kappa shape index (κ1) is 18.4. The van der Waals surface area contributed by atoms with Crippen LogP contribution in [0.1, 0.15) is 50.4 Å². The maximum absolute atomic E-state index is 12.4. The number of carbonyl (C=O) groups excluding carboxylic acids is 2. The van der Waals surface area contributed by atoms with Crippen molar-refractivity contribution in [3.63, 3.8) is 0 Å². The molecule has 6 nitrogen and oxygen atoms in total. The molecule has 1 aromatic carbocycles. The highest BCUT2D eigenvalue weighted by molar-refractivity contribution is 7.90. The standard InChI is InChI=1S/C17H24N2O4S/c1-12(2)7-6-8-13(3)18-16(20)11-19-17(21)14-9-4-5-10-15(14)24(19,22)23/h4-5,9-10,12-13H,6-8,11H2,1-3H3,(H,18,20). The average Bonchev–Trinajstić information content (AvgIpc) is 2.68. The lowest BCUT2D eigenvalue weighted by Crippen LogP contribution is -2.43. The molecule has 1 aliphatic rings. The van der Waals surface area contributed by atoms with Crippen molar-refractivity contribution in [2.45, 2.75) is 51.0 Å². The summed E-state index contributed by atoms with van der Waals surface area (Å²) in [6.45, 7) is 5.69. The van der Waals surface area contributed by atoms with E-state index in [1.165, 1.54) is 12.1 Å². The molecule has 1 heterocycles. The Morgan fingerprint density at radius 1 is 1.17 bits per heavy atom. The fourth-order valence-electron chi connectivity index (χ4n) is 2.74. The van der Waals surface area contributed by atoms with Crippen LogP contribution in [0.25, 0.3) is 0 Å². The van der Waals surface area contributed by atoms with Gasteiger partial charge in [-0.25, -0.2) is 12.7 Å². The summed E-state index contributed by atoms with van der Waals surface area (Å²) in [5.74, 6) is -0.497. The first-order chi connectivity index (χ1) is 11.2. The van der Waals surface area contributed by atoms with Gasteiger partial charge in [-0.1, -0.05) is 38.8 Å². The second kappa shape index (κ2) is 7.34. The highest BCUT2D eigenvalue weighted by atomic mass is 32.2. The third kappa shape index (κ3) is 3.95. The molecule has 7 heteroatoms. The van der Waals surface area contributed by atoms with Crippen molar-refractivity contribution in [1.82, 2.24) is 9.62 Å². The molecule has 0 aromatic heterocycles. The van der Waals surface area contributed by atoms with Crippen molar-refractivity contribution in [2.24, 2.45) is 5.92 Å². The van der Waals surface area contributed by atoms with E-state index in [2.05, 4.69) is 19.2 Å². The van der Waals surface area contributed by atoms with Gasteiger partial charge in [0.1, 0.15) is 11.4 Å². The van der Waals surface area contributed by atoms with E-state index in [4.69, 9.17) is 0 Å². The second-order valence-corrected chi connectivity index (χ2v) is 8.44. The topological polar surface area (TPSA) is 83.6 Å². The summed E-state index contributed by atoms with van der Waals surface area (Å²) >= 11 is 0. The van der Waals surface area contributed by atoms with Crippen LogP contribution in [0.2, 0.25) is 0 Å². The molecule has 0 bridgehead atoms. The first-order valence-corrected chi connectivity index (χ1v) is 9.63. The molecule has 1 atom stereocenters. The third-order valence-corrected chi connectivity index (χ3v) is 5.81. The van der Waals surface area contributed by atoms with Gasteiger partial charge in [-0.2, -0.15) is 0 Å². The van der Waals surface area contributed by atoms with Gasteiger partial charge in [-0.3, -0.25) is 9.59 Å². The Bertz CT molecular complexity index is 728. The van der Waals surface area contributed by atoms with Crippen molar-refractivity contribution in [2.75, 3.05) is 6.54 Å². The molecule has 132 valence electrons. The van der Waals surface area contributed by atoms with Crippen LogP contribution in [0.5, 0.6) is 0 Å². The minimum absolute atomic E-state index is 0.0345. The fourth-order valence-corrected chi connectivity index (χ4v) is 4.27. The number of carbonyl (C=O) groups is 2. The largest absolute Gasteiger partial charge is 0.352 e. The van der Waals surface area contributed by atoms with Gasteiger partial charge in [0.2, 0.25) is 5.91 Å². The van der Waals surface area contributed by atoms with E-state index in [0.29, 0.717) is 10.2 Å². The number of benzene rings is 1. The number of sulfonamides is 1. The van der Waals surface area contributed by atoms with Crippen LogP contribution < -0.4 is 5.32 Å². The molecule has 2 rings (SSSR count). The fraction of sp³-hybridized carbons (Fsp3) is 0.529. The zero-order valence-corrected chi connectivity index (χ0v) is 15.1. The summed E-state index contributed by atoms with van der Waals surface area (Å²) in [7, 11) is -3.93. The van der Waals surface area contributed by atoms with Gasteiger partial charge in [0, 0.05) is 6.04 Å². The van der Waals surface area contributed by atoms with Gasteiger partial charge >= 0.3 is 0 Å². The highest BCUT2D eigenvalue weighted by Crippen LogP contribution is 2.29. The zero-order valence-electron chi connectivity index (χ0n) is 14.3. The van der Waals surface area contributed by atoms with Gasteiger partial charge in [-0.05, 0) is 31.4 Å². The summed E-state index contributed by atoms with van der Waals surface area (Å²) in [6, 6.07) is 5.95. The Kier molecular flexibility index (Phi) is 5.64. The van der Waals surface area contributed by atoms with E-state index >= 15 is 0 Å². The number of hydrogen-bond acceptors (Lipinski definition) is 4. The van der Waals surface area contributed by atoms with Gasteiger partial charge in [0.15, 0.2) is 0 Å². The zero-order chi connectivity index (χ0) is 17.9. The summed E-state index contributed by atoms with van der Waals surface area (Å²) in [5, 5.41) is 2.77. The molecule has 0 spiro atoms. The van der Waals surface area contributed by atoms with Crippen LogP contribution in [-0.2, 0) is 14.8 Å². The monoisotopic (exact) mass is 352 g/mol. The summed E-state index contributed by atoms with van der Waals surface area (Å²) < 4.78 is 25.4. The number of fused-ring (bicyclic) bond motifs is 1. The van der Waals surface area contributed by atoms with Crippen LogP contribution in [0, 0.1) is 5.92 Å². The Labute approximate surface area is 143 Å². The molecular formula is C17H24N2O4S. The van der Waals surface area contributed by atoms with Gasteiger partial charge in [-0.15, -0.1) is 0 Å². The molecule has 0 fully saturated rings. The minimum Gasteiger partial charge on any atom is -0.352 e. The van der Waals surface area contributed by atoms with Gasteiger partial charge in [0.25, 0.3) is 15.9 Å². The normalized spacial score (nSPS) is 17.0. The SMILES string of the molecule is CC(C)CCCC(C)NC(=O)CN1C(=O)c2ccccc2S1(=O)=O. The van der Waals surface area contributed by atoms with Gasteiger partial charge in [0.05, 0.1) is 5.56 Å². The maximum Gasteiger partial charge on any atom is 0.269 e. The molecule has 1 aliphatic heterocycles. The molecule has 0 radical (unpaired) electrons. The highest BCUT2D eigenvalue weighted by Gasteiger charge is 2.41. The molecule has 1 aromatic rings. The first-order valence-electron chi connectivity index (χ1n) is 8.19. The number of amides is 2. The van der Waals surface area contributed by atoms with E-state index in [1.54, 1.807) is 12.1 Å². The molecule has 24 heavy (non-hydrogen) atoms. The quantitative estimate of drug-likeness (QED) is 0.815. The molecular weight excluding hydrogens is 328 g/mol. The van der Waals surface area contributed by atoms with E-state index in [0.717, 1.165) is 19.3 Å². The Hall–Kier alpha value is -1.89. The van der Waals surface area contributed by atoms with Crippen LogP contribution in [0.4, 0.5) is 0 Å². The Morgan fingerprint density at radius 3 is 2.46 bits per heavy atom. The number of nitrogens with zero attached hydrogens (tertiary/aromatic N) is 1. The Morgan fingerprint density at radius 2 is 1.83 bits per heavy atom. The molecule has 1 unspecified atom stereocenters. The van der Waals surface area contributed by atoms with Crippen LogP contribution >= 0.6 is 0 Å². The lowest BCUT2D eigenvalue weighted by molar-refractivity contribution is -0.121. The predicted octanol–water partition coefficient (Wildman–Crippen LogP) is 2.16. The molecule has 0 saturated heterocycles. The molecule has 2 amide bonds. The van der Waals surface area contributed by atoms with Crippen molar-refractivity contribution < 1.29 is 18.0 Å². The third-order valence-electron chi connectivity index (χ3n) is 4.03. The van der Waals surface area contributed by atoms with Crippen LogP contribution in [0.15, 0.2) is 29.2 Å². The van der Waals surface area contributed by atoms with Crippen LogP contribution in [0.3, 0.4) is 0 Å². The van der Waals surface area contributed by atoms with Gasteiger partial charge < -0.3 is 5.32 Å². The molecule has 0 aliphatic carbocycles. The van der Waals surface area contributed by atoms with Crippen LogP contribution in [-0.4, -0.2) is 37.1 Å². The minimum atomic E-state index is -3.93. The van der Waals surface area contributed by atoms with Crippen molar-refractivity contribution >= 4 is 21.8 Å². The number of rotatable bonds is 7. The Balaban J connectivity index is 1.97. The number of hydrogen-bond donors (Lipinski definition) is 1. The van der Waals surface area contributed by atoms with Crippen molar-refractivity contribution in [3.8, 4) is 0 Å². The van der Waals surface area contributed by atoms with Crippen molar-refractivity contribution in [1.29, 1.82) is 0 Å². The van der Waals surface area contributed by atoms with E-state index in [-0.39, 0.29) is 16.5 Å². The predicted molar refractivity (Wildman–Crippen MR) is 91.0 cm³/mol. The summed E-state index contributed by atoms with van der Waals surface area (Å²) in [6.07, 6.45) is 2.89. The molecule has 1 N–H and O–H groups in total. The molecule has 0 saturated carbocycles. The van der Waals surface area contributed by atoms with E-state index in [1.807, 2.05) is 6.92 Å². The summed E-state index contributed by atoms with van der Waals surface area (Å²) in [4.78, 5) is 24.3. The van der Waals surface area contributed by atoms with E-state index in [9.17, 15) is 18.0 Å². The lowest BCUT2D eigenvalue weighted by Gasteiger charge is -2.18. The second-order valence-electron chi connectivity index (χ2n) is 6.61. The average molecular weight is 352 g/mol.